The summed E-state index contributed by atoms with van der Waals surface area (Å²) in [4.78, 5) is 2.31. The minimum Gasteiger partial charge on any atom is -0.374 e. The molecule has 110 valence electrons. The predicted octanol–water partition coefficient (Wildman–Crippen LogP) is 3.12. The van der Waals surface area contributed by atoms with E-state index in [-0.39, 0.29) is 12.1 Å². The first kappa shape index (κ1) is 14.6. The van der Waals surface area contributed by atoms with Gasteiger partial charge in [0.25, 0.3) is 0 Å². The molecule has 0 bridgehead atoms. The van der Waals surface area contributed by atoms with Crippen molar-refractivity contribution in [3.05, 3.63) is 33.8 Å². The molecule has 3 rings (SSSR count). The highest BCUT2D eigenvalue weighted by Crippen LogP contribution is 2.34. The Morgan fingerprint density at radius 1 is 1.35 bits per heavy atom. The van der Waals surface area contributed by atoms with E-state index in [1.54, 1.807) is 0 Å². The molecular formula is C15H20Cl2N2O. The molecule has 1 aromatic carbocycles. The fourth-order valence-electron chi connectivity index (χ4n) is 2.78. The molecule has 2 aliphatic rings. The van der Waals surface area contributed by atoms with Crippen molar-refractivity contribution >= 4 is 23.2 Å². The minimum absolute atomic E-state index is 0.116. The van der Waals surface area contributed by atoms with Crippen LogP contribution < -0.4 is 5.32 Å². The molecular weight excluding hydrogens is 295 g/mol. The number of hydrogen-bond donors (Lipinski definition) is 1. The van der Waals surface area contributed by atoms with Gasteiger partial charge in [0.05, 0.1) is 18.8 Å². The van der Waals surface area contributed by atoms with Crippen LogP contribution >= 0.6 is 23.2 Å². The molecule has 3 nitrogen and oxygen atoms in total. The van der Waals surface area contributed by atoms with Gasteiger partial charge in [-0.05, 0) is 43.7 Å². The summed E-state index contributed by atoms with van der Waals surface area (Å²) in [6.45, 7) is 2.54. The molecule has 1 saturated carbocycles. The summed E-state index contributed by atoms with van der Waals surface area (Å²) in [7, 11) is 2.12. The Labute approximate surface area is 130 Å². The number of nitrogens with zero attached hydrogens (tertiary/aromatic N) is 1. The van der Waals surface area contributed by atoms with E-state index >= 15 is 0 Å². The summed E-state index contributed by atoms with van der Waals surface area (Å²) in [6, 6.07) is 6.49. The molecule has 2 unspecified atom stereocenters. The molecule has 1 aliphatic heterocycles. The Hall–Kier alpha value is -0.320. The zero-order chi connectivity index (χ0) is 14.1. The van der Waals surface area contributed by atoms with Crippen molar-refractivity contribution in [2.75, 3.05) is 26.7 Å². The number of hydrogen-bond acceptors (Lipinski definition) is 3. The molecule has 20 heavy (non-hydrogen) atoms. The summed E-state index contributed by atoms with van der Waals surface area (Å²) in [5.41, 5.74) is 1.06. The van der Waals surface area contributed by atoms with Crippen LogP contribution in [-0.2, 0) is 4.74 Å². The van der Waals surface area contributed by atoms with Crippen molar-refractivity contribution in [3.63, 3.8) is 0 Å². The molecule has 2 atom stereocenters. The topological polar surface area (TPSA) is 24.5 Å². The quantitative estimate of drug-likeness (QED) is 0.924. The molecule has 1 heterocycles. The van der Waals surface area contributed by atoms with E-state index in [1.165, 1.54) is 12.8 Å². The fourth-order valence-corrected chi connectivity index (χ4v) is 3.19. The first-order chi connectivity index (χ1) is 9.65. The molecule has 1 aliphatic carbocycles. The summed E-state index contributed by atoms with van der Waals surface area (Å²) in [5, 5.41) is 5.03. The zero-order valence-corrected chi connectivity index (χ0v) is 13.1. The van der Waals surface area contributed by atoms with Crippen LogP contribution in [0.15, 0.2) is 18.2 Å². The van der Waals surface area contributed by atoms with E-state index in [9.17, 15) is 0 Å². The summed E-state index contributed by atoms with van der Waals surface area (Å²) >= 11 is 12.5. The first-order valence-corrected chi connectivity index (χ1v) is 7.91. The van der Waals surface area contributed by atoms with Gasteiger partial charge in [-0.1, -0.05) is 23.2 Å². The van der Waals surface area contributed by atoms with Crippen molar-refractivity contribution in [3.8, 4) is 0 Å². The van der Waals surface area contributed by atoms with Crippen LogP contribution in [0.25, 0.3) is 0 Å². The lowest BCUT2D eigenvalue weighted by Gasteiger charge is -2.40. The lowest BCUT2D eigenvalue weighted by Crippen LogP contribution is -2.47. The van der Waals surface area contributed by atoms with Gasteiger partial charge in [0, 0.05) is 29.2 Å². The summed E-state index contributed by atoms with van der Waals surface area (Å²) < 4.78 is 5.98. The van der Waals surface area contributed by atoms with Crippen LogP contribution in [0.3, 0.4) is 0 Å². The van der Waals surface area contributed by atoms with Crippen LogP contribution in [0.1, 0.15) is 24.4 Å². The Balaban J connectivity index is 1.82. The second-order valence-corrected chi connectivity index (χ2v) is 6.53. The molecule has 5 heteroatoms. The second kappa shape index (κ2) is 6.20. The highest BCUT2D eigenvalue weighted by atomic mass is 35.5. The molecule has 1 saturated heterocycles. The Morgan fingerprint density at radius 2 is 2.15 bits per heavy atom. The van der Waals surface area contributed by atoms with E-state index in [4.69, 9.17) is 27.9 Å². The van der Waals surface area contributed by atoms with Gasteiger partial charge in [0.2, 0.25) is 0 Å². The zero-order valence-electron chi connectivity index (χ0n) is 11.6. The number of morpholine rings is 1. The number of nitrogens with one attached hydrogen (secondary N) is 1. The van der Waals surface area contributed by atoms with Gasteiger partial charge < -0.3 is 10.1 Å². The number of rotatable bonds is 4. The van der Waals surface area contributed by atoms with Crippen molar-refractivity contribution in [1.29, 1.82) is 0 Å². The smallest absolute Gasteiger partial charge is 0.0897 e. The number of ether oxygens (including phenoxy) is 1. The van der Waals surface area contributed by atoms with Gasteiger partial charge in [-0.25, -0.2) is 0 Å². The molecule has 2 fully saturated rings. The lowest BCUT2D eigenvalue weighted by atomic mass is 9.98. The van der Waals surface area contributed by atoms with Crippen molar-refractivity contribution < 1.29 is 4.74 Å². The fraction of sp³-hybridized carbons (Fsp3) is 0.600. The average Bonchev–Trinajstić information content (AvgIpc) is 3.24. The first-order valence-electron chi connectivity index (χ1n) is 7.15. The molecule has 0 radical (unpaired) electrons. The summed E-state index contributed by atoms with van der Waals surface area (Å²) in [6.07, 6.45) is 2.68. The monoisotopic (exact) mass is 314 g/mol. The van der Waals surface area contributed by atoms with Gasteiger partial charge >= 0.3 is 0 Å². The Morgan fingerprint density at radius 3 is 2.90 bits per heavy atom. The van der Waals surface area contributed by atoms with E-state index in [0.717, 1.165) is 35.3 Å². The number of halogens is 2. The highest BCUT2D eigenvalue weighted by Gasteiger charge is 2.34. The minimum atomic E-state index is 0.116. The third kappa shape index (κ3) is 3.29. The van der Waals surface area contributed by atoms with Crippen LogP contribution in [-0.4, -0.2) is 43.8 Å². The Bertz CT molecular complexity index is 479. The van der Waals surface area contributed by atoms with Crippen molar-refractivity contribution in [2.45, 2.75) is 31.0 Å². The van der Waals surface area contributed by atoms with Crippen molar-refractivity contribution in [1.82, 2.24) is 10.2 Å². The van der Waals surface area contributed by atoms with Crippen LogP contribution in [0, 0.1) is 0 Å². The predicted molar refractivity (Wildman–Crippen MR) is 82.6 cm³/mol. The average molecular weight is 315 g/mol. The van der Waals surface area contributed by atoms with Crippen LogP contribution in [0.2, 0.25) is 10.0 Å². The number of benzene rings is 1. The third-order valence-corrected chi connectivity index (χ3v) is 4.64. The second-order valence-electron chi connectivity index (χ2n) is 5.68. The van der Waals surface area contributed by atoms with E-state index in [2.05, 4.69) is 17.3 Å². The third-order valence-electron chi connectivity index (χ3n) is 4.06. The molecule has 0 amide bonds. The van der Waals surface area contributed by atoms with E-state index in [1.807, 2.05) is 18.2 Å². The van der Waals surface area contributed by atoms with E-state index < -0.39 is 0 Å². The normalized spacial score (nSPS) is 27.8. The highest BCUT2D eigenvalue weighted by molar-refractivity contribution is 6.33. The van der Waals surface area contributed by atoms with Crippen LogP contribution in [0.5, 0.6) is 0 Å². The van der Waals surface area contributed by atoms with Gasteiger partial charge in [0.1, 0.15) is 0 Å². The maximum atomic E-state index is 6.37. The van der Waals surface area contributed by atoms with Gasteiger partial charge in [-0.2, -0.15) is 0 Å². The van der Waals surface area contributed by atoms with E-state index in [0.29, 0.717) is 6.04 Å². The standard InChI is InChI=1S/C15H20Cl2N2O/c1-19-6-7-20-14(9-18-11-3-4-11)15(19)12-8-10(16)2-5-13(12)17/h2,5,8,11,14-15,18H,3-4,6-7,9H2,1H3. The maximum Gasteiger partial charge on any atom is 0.0897 e. The SMILES string of the molecule is CN1CCOC(CNC2CC2)C1c1cc(Cl)ccc1Cl. The maximum absolute atomic E-state index is 6.37. The summed E-state index contributed by atoms with van der Waals surface area (Å²) in [5.74, 6) is 0. The van der Waals surface area contributed by atoms with Crippen LogP contribution in [0.4, 0.5) is 0 Å². The van der Waals surface area contributed by atoms with Crippen molar-refractivity contribution in [2.24, 2.45) is 0 Å². The lowest BCUT2D eigenvalue weighted by molar-refractivity contribution is -0.0614. The molecule has 0 spiro atoms. The van der Waals surface area contributed by atoms with Gasteiger partial charge in [0.15, 0.2) is 0 Å². The molecule has 1 N–H and O–H groups in total. The molecule has 1 aromatic rings. The van der Waals surface area contributed by atoms with Gasteiger partial charge in [-0.15, -0.1) is 0 Å². The van der Waals surface area contributed by atoms with Gasteiger partial charge in [-0.3, -0.25) is 4.90 Å². The Kier molecular flexibility index (Phi) is 4.53. The number of likely N-dealkylation sites (N-methyl/N-ethyl adjacent to an activating group) is 1. The largest absolute Gasteiger partial charge is 0.374 e. The molecule has 0 aromatic heterocycles.